The number of pyridine rings is 1. The lowest BCUT2D eigenvalue weighted by Crippen LogP contribution is -2.26. The smallest absolute Gasteiger partial charge is 0.263 e. The number of ether oxygens (including phenoxy) is 1. The molecule has 128 valence electrons. The van der Waals surface area contributed by atoms with Crippen molar-refractivity contribution in [3.8, 4) is 5.75 Å². The molecule has 1 unspecified atom stereocenters. The average molecular weight is 362 g/mol. The number of imidazole rings is 1. The molecule has 1 amide bonds. The van der Waals surface area contributed by atoms with Crippen LogP contribution in [0, 0.1) is 0 Å². The van der Waals surface area contributed by atoms with Crippen molar-refractivity contribution in [2.24, 2.45) is 0 Å². The minimum atomic E-state index is -0.189. The van der Waals surface area contributed by atoms with Crippen molar-refractivity contribution in [2.45, 2.75) is 10.4 Å². The van der Waals surface area contributed by atoms with Crippen LogP contribution in [0.25, 0.3) is 11.8 Å². The third-order valence-corrected chi connectivity index (χ3v) is 5.58. The zero-order chi connectivity index (χ0) is 17.5. The number of fused-ring (bicyclic) bond motifs is 2. The quantitative estimate of drug-likeness (QED) is 0.756. The summed E-state index contributed by atoms with van der Waals surface area (Å²) in [5, 5.41) is 3.79. The molecular weight excluding hydrogens is 348 g/mol. The fourth-order valence-corrected chi connectivity index (χ4v) is 4.25. The summed E-state index contributed by atoms with van der Waals surface area (Å²) in [6, 6.07) is 14.1. The van der Waals surface area contributed by atoms with Gasteiger partial charge in [0, 0.05) is 24.2 Å². The molecule has 0 saturated heterocycles. The standard InChI is InChI=1S/C19H14N4O2S/c24-16-11-25-15-7-6-14(21-18(15)22-16)13-10-23-9-8-20-19(23)26-17(13)12-4-2-1-3-5-12/h1-10,17H,11H2,(H,21,22,24). The first-order chi connectivity index (χ1) is 12.8. The Balaban J connectivity index is 1.63. The number of thioether (sulfide) groups is 1. The molecule has 0 radical (unpaired) electrons. The van der Waals surface area contributed by atoms with Gasteiger partial charge in [-0.1, -0.05) is 42.1 Å². The Labute approximate surface area is 153 Å². The van der Waals surface area contributed by atoms with Gasteiger partial charge in [-0.3, -0.25) is 4.79 Å². The Kier molecular flexibility index (Phi) is 3.53. The van der Waals surface area contributed by atoms with E-state index in [1.54, 1.807) is 18.0 Å². The second-order valence-corrected chi connectivity index (χ2v) is 7.06. The van der Waals surface area contributed by atoms with Crippen LogP contribution >= 0.6 is 11.8 Å². The van der Waals surface area contributed by atoms with E-state index in [9.17, 15) is 4.79 Å². The SMILES string of the molecule is O=C1COc2ccc(C3=Cn4ccnc4SC3c3ccccc3)nc2N1. The number of benzene rings is 1. The van der Waals surface area contributed by atoms with Crippen molar-refractivity contribution < 1.29 is 9.53 Å². The molecule has 2 aliphatic heterocycles. The highest BCUT2D eigenvalue weighted by molar-refractivity contribution is 7.99. The van der Waals surface area contributed by atoms with Crippen LogP contribution in [-0.4, -0.2) is 27.0 Å². The fourth-order valence-electron chi connectivity index (χ4n) is 3.08. The Morgan fingerprint density at radius 1 is 1.19 bits per heavy atom. The lowest BCUT2D eigenvalue weighted by Gasteiger charge is -2.25. The Bertz CT molecular complexity index is 1030. The predicted molar refractivity (Wildman–Crippen MR) is 99.8 cm³/mol. The molecule has 2 aromatic heterocycles. The molecule has 2 aliphatic rings. The normalized spacial score (nSPS) is 18.2. The van der Waals surface area contributed by atoms with Crippen LogP contribution < -0.4 is 10.1 Å². The van der Waals surface area contributed by atoms with Gasteiger partial charge in [-0.2, -0.15) is 0 Å². The molecule has 1 N–H and O–H groups in total. The van der Waals surface area contributed by atoms with E-state index in [-0.39, 0.29) is 17.8 Å². The van der Waals surface area contributed by atoms with Gasteiger partial charge in [0.15, 0.2) is 23.3 Å². The van der Waals surface area contributed by atoms with Gasteiger partial charge in [-0.15, -0.1) is 0 Å². The summed E-state index contributed by atoms with van der Waals surface area (Å²) in [5.41, 5.74) is 3.03. The van der Waals surface area contributed by atoms with Gasteiger partial charge < -0.3 is 14.6 Å². The first-order valence-electron chi connectivity index (χ1n) is 8.18. The summed E-state index contributed by atoms with van der Waals surface area (Å²) in [4.78, 5) is 20.7. The average Bonchev–Trinajstić information content (AvgIpc) is 3.14. The molecule has 0 aliphatic carbocycles. The van der Waals surface area contributed by atoms with E-state index in [1.165, 1.54) is 5.56 Å². The van der Waals surface area contributed by atoms with Crippen LogP contribution in [0.2, 0.25) is 0 Å². The van der Waals surface area contributed by atoms with E-state index < -0.39 is 0 Å². The molecule has 7 heteroatoms. The second-order valence-electron chi connectivity index (χ2n) is 5.99. The number of amides is 1. The summed E-state index contributed by atoms with van der Waals surface area (Å²) < 4.78 is 7.41. The molecule has 0 saturated carbocycles. The van der Waals surface area contributed by atoms with Gasteiger partial charge in [0.05, 0.1) is 10.9 Å². The van der Waals surface area contributed by atoms with Crippen molar-refractivity contribution in [3.63, 3.8) is 0 Å². The van der Waals surface area contributed by atoms with E-state index in [0.717, 1.165) is 16.4 Å². The lowest BCUT2D eigenvalue weighted by molar-refractivity contribution is -0.118. The van der Waals surface area contributed by atoms with Gasteiger partial charge in [-0.25, -0.2) is 9.97 Å². The number of hydrogen-bond donors (Lipinski definition) is 1. The number of carbonyl (C=O) groups excluding carboxylic acids is 1. The van der Waals surface area contributed by atoms with E-state index in [1.807, 2.05) is 41.1 Å². The van der Waals surface area contributed by atoms with Crippen LogP contribution in [0.15, 0.2) is 60.0 Å². The maximum absolute atomic E-state index is 11.6. The summed E-state index contributed by atoms with van der Waals surface area (Å²) in [6.07, 6.45) is 5.77. The Morgan fingerprint density at radius 2 is 2.08 bits per heavy atom. The van der Waals surface area contributed by atoms with Gasteiger partial charge in [0.25, 0.3) is 5.91 Å². The zero-order valence-electron chi connectivity index (χ0n) is 13.6. The van der Waals surface area contributed by atoms with Crippen molar-refractivity contribution >= 4 is 35.3 Å². The Hall–Kier alpha value is -3.06. The highest BCUT2D eigenvalue weighted by Gasteiger charge is 2.28. The number of anilines is 1. The van der Waals surface area contributed by atoms with Crippen LogP contribution in [0.3, 0.4) is 0 Å². The van der Waals surface area contributed by atoms with Crippen LogP contribution in [0.1, 0.15) is 16.5 Å². The van der Waals surface area contributed by atoms with Crippen molar-refractivity contribution in [2.75, 3.05) is 11.9 Å². The second kappa shape index (κ2) is 6.03. The van der Waals surface area contributed by atoms with E-state index in [2.05, 4.69) is 33.6 Å². The maximum atomic E-state index is 11.6. The molecular formula is C19H14N4O2S. The molecule has 1 aromatic carbocycles. The zero-order valence-corrected chi connectivity index (χ0v) is 14.4. The minimum absolute atomic E-state index is 0.0254. The van der Waals surface area contributed by atoms with Crippen molar-refractivity contribution in [1.82, 2.24) is 14.5 Å². The van der Waals surface area contributed by atoms with Gasteiger partial charge >= 0.3 is 0 Å². The lowest BCUT2D eigenvalue weighted by atomic mass is 10.0. The molecule has 5 rings (SSSR count). The van der Waals surface area contributed by atoms with Crippen LogP contribution in [-0.2, 0) is 4.79 Å². The highest BCUT2D eigenvalue weighted by Crippen LogP contribution is 2.47. The largest absolute Gasteiger partial charge is 0.480 e. The molecule has 0 fully saturated rings. The number of hydrogen-bond acceptors (Lipinski definition) is 5. The number of nitrogens with zero attached hydrogens (tertiary/aromatic N) is 3. The van der Waals surface area contributed by atoms with E-state index in [0.29, 0.717) is 11.6 Å². The van der Waals surface area contributed by atoms with Gasteiger partial charge in [-0.05, 0) is 17.7 Å². The van der Waals surface area contributed by atoms with Crippen LogP contribution in [0.5, 0.6) is 5.75 Å². The maximum Gasteiger partial charge on any atom is 0.263 e. The first kappa shape index (κ1) is 15.2. The van der Waals surface area contributed by atoms with Gasteiger partial charge in [0.2, 0.25) is 0 Å². The predicted octanol–water partition coefficient (Wildman–Crippen LogP) is 3.45. The summed E-state index contributed by atoms with van der Waals surface area (Å²) in [7, 11) is 0. The number of aromatic nitrogens is 3. The third-order valence-electron chi connectivity index (χ3n) is 4.29. The van der Waals surface area contributed by atoms with E-state index in [4.69, 9.17) is 4.74 Å². The van der Waals surface area contributed by atoms with E-state index >= 15 is 0 Å². The molecule has 4 heterocycles. The molecule has 3 aromatic rings. The van der Waals surface area contributed by atoms with Gasteiger partial charge in [0.1, 0.15) is 0 Å². The topological polar surface area (TPSA) is 69.0 Å². The van der Waals surface area contributed by atoms with Crippen molar-refractivity contribution in [1.29, 1.82) is 0 Å². The number of nitrogens with one attached hydrogen (secondary N) is 1. The number of rotatable bonds is 2. The minimum Gasteiger partial charge on any atom is -0.480 e. The molecule has 6 nitrogen and oxygen atoms in total. The Morgan fingerprint density at radius 3 is 2.96 bits per heavy atom. The molecule has 1 atom stereocenters. The monoisotopic (exact) mass is 362 g/mol. The van der Waals surface area contributed by atoms with Crippen LogP contribution in [0.4, 0.5) is 5.82 Å². The molecule has 0 bridgehead atoms. The first-order valence-corrected chi connectivity index (χ1v) is 9.06. The third kappa shape index (κ3) is 2.57. The fraction of sp³-hybridized carbons (Fsp3) is 0.105. The summed E-state index contributed by atoms with van der Waals surface area (Å²) in [6.45, 7) is 0.0254. The molecule has 0 spiro atoms. The summed E-state index contributed by atoms with van der Waals surface area (Å²) >= 11 is 1.68. The van der Waals surface area contributed by atoms with Crippen molar-refractivity contribution in [3.05, 3.63) is 66.1 Å². The summed E-state index contributed by atoms with van der Waals surface area (Å²) in [5.74, 6) is 0.871. The highest BCUT2D eigenvalue weighted by atomic mass is 32.2. The number of carbonyl (C=O) groups is 1. The molecule has 26 heavy (non-hydrogen) atoms.